The van der Waals surface area contributed by atoms with Crippen LogP contribution in [0.5, 0.6) is 11.8 Å². The van der Waals surface area contributed by atoms with Gasteiger partial charge in [-0.05, 0) is 44.0 Å². The summed E-state index contributed by atoms with van der Waals surface area (Å²) < 4.78 is 11.0. The average molecular weight is 512 g/mol. The number of amides is 2. The van der Waals surface area contributed by atoms with Crippen molar-refractivity contribution in [2.24, 2.45) is 0 Å². The molecule has 0 bridgehead atoms. The first-order valence-corrected chi connectivity index (χ1v) is 11.4. The lowest BCUT2D eigenvalue weighted by Crippen LogP contribution is -2.46. The highest BCUT2D eigenvalue weighted by atomic mass is 16.7. The normalized spacial score (nSPS) is 11.8. The highest BCUT2D eigenvalue weighted by molar-refractivity contribution is 5.85. The fourth-order valence-corrected chi connectivity index (χ4v) is 3.18. The van der Waals surface area contributed by atoms with Gasteiger partial charge in [-0.15, -0.1) is 4.73 Å². The highest BCUT2D eigenvalue weighted by Gasteiger charge is 2.26. The van der Waals surface area contributed by atoms with Crippen LogP contribution >= 0.6 is 0 Å². The Kier molecular flexibility index (Phi) is 8.62. The quantitative estimate of drug-likeness (QED) is 0.357. The maximum absolute atomic E-state index is 12.9. The number of hydrogen-bond donors (Lipinski definition) is 4. The molecule has 0 saturated heterocycles. The summed E-state index contributed by atoms with van der Waals surface area (Å²) in [5, 5.41) is 24.7. The van der Waals surface area contributed by atoms with Crippen molar-refractivity contribution in [3.63, 3.8) is 0 Å². The summed E-state index contributed by atoms with van der Waals surface area (Å²) in [6.45, 7) is 5.19. The number of aromatic nitrogens is 1. The summed E-state index contributed by atoms with van der Waals surface area (Å²) in [5.41, 5.74) is 1.03. The lowest BCUT2D eigenvalue weighted by atomic mass is 10.1. The number of alkyl carbamates (subject to hydrolysis) is 1. The number of ether oxygens (including phenoxy) is 2. The summed E-state index contributed by atoms with van der Waals surface area (Å²) in [7, 11) is 0. The maximum atomic E-state index is 12.9. The Morgan fingerprint density at radius 2 is 1.54 bits per heavy atom. The van der Waals surface area contributed by atoms with Gasteiger partial charge in [-0.1, -0.05) is 42.5 Å². The number of benzene rings is 2. The molecule has 0 aliphatic heterocycles. The molecule has 0 saturated carbocycles. The lowest BCUT2D eigenvalue weighted by molar-refractivity contribution is -0.147. The van der Waals surface area contributed by atoms with Crippen LogP contribution in [0.15, 0.2) is 66.7 Å². The molecule has 1 heterocycles. The molecule has 0 aliphatic carbocycles. The first kappa shape index (κ1) is 26.9. The molecule has 0 spiro atoms. The number of nitrogens with zero attached hydrogens (tertiary/aromatic N) is 1. The molecule has 0 radical (unpaired) electrons. The summed E-state index contributed by atoms with van der Waals surface area (Å²) in [6.07, 6.45) is -1.59. The van der Waals surface area contributed by atoms with Crippen molar-refractivity contribution in [2.75, 3.05) is 5.32 Å². The molecule has 37 heavy (non-hydrogen) atoms. The summed E-state index contributed by atoms with van der Waals surface area (Å²) in [4.78, 5) is 42.6. The van der Waals surface area contributed by atoms with E-state index < -0.39 is 41.6 Å². The van der Waals surface area contributed by atoms with Gasteiger partial charge in [0.1, 0.15) is 18.2 Å². The summed E-state index contributed by atoms with van der Waals surface area (Å²) >= 11 is 0. The number of carbonyl (C=O) groups excluding carboxylic acids is 3. The van der Waals surface area contributed by atoms with Crippen molar-refractivity contribution < 1.29 is 38.9 Å². The molecule has 4 N–H and O–H groups in total. The van der Waals surface area contributed by atoms with Crippen LogP contribution in [0.2, 0.25) is 0 Å². The van der Waals surface area contributed by atoms with Crippen molar-refractivity contribution in [3.05, 3.63) is 77.9 Å². The van der Waals surface area contributed by atoms with Crippen molar-refractivity contribution in [1.82, 2.24) is 10.0 Å². The minimum atomic E-state index is -1.28. The number of carbonyl (C=O) groups is 3. The molecule has 2 amide bonds. The number of hydrogen-bond acceptors (Lipinski definition) is 8. The zero-order valence-electron chi connectivity index (χ0n) is 20.6. The van der Waals surface area contributed by atoms with Crippen LogP contribution < -0.4 is 15.5 Å². The molecule has 1 aromatic heterocycles. The van der Waals surface area contributed by atoms with Crippen LogP contribution in [0.1, 0.15) is 31.9 Å². The molecular formula is C26H29N3O8. The van der Waals surface area contributed by atoms with E-state index in [1.165, 1.54) is 0 Å². The summed E-state index contributed by atoms with van der Waals surface area (Å²) in [6, 6.07) is 16.5. The van der Waals surface area contributed by atoms with Crippen LogP contribution in [0.25, 0.3) is 0 Å². The van der Waals surface area contributed by atoms with E-state index in [0.29, 0.717) is 16.0 Å². The van der Waals surface area contributed by atoms with Crippen molar-refractivity contribution in [1.29, 1.82) is 0 Å². The molecule has 0 unspecified atom stereocenters. The largest absolute Gasteiger partial charge is 0.492 e. The third kappa shape index (κ3) is 8.49. The van der Waals surface area contributed by atoms with Gasteiger partial charge in [-0.3, -0.25) is 5.32 Å². The van der Waals surface area contributed by atoms with Gasteiger partial charge in [0.15, 0.2) is 0 Å². The fourth-order valence-electron chi connectivity index (χ4n) is 3.18. The number of nitrogens with one attached hydrogen (secondary N) is 2. The van der Waals surface area contributed by atoms with E-state index in [4.69, 9.17) is 14.3 Å². The van der Waals surface area contributed by atoms with Crippen LogP contribution in [0.4, 0.5) is 15.3 Å². The van der Waals surface area contributed by atoms with E-state index in [1.807, 2.05) is 6.07 Å². The van der Waals surface area contributed by atoms with Gasteiger partial charge in [0.05, 0.1) is 0 Å². The second kappa shape index (κ2) is 11.8. The number of rotatable bonds is 8. The standard InChI is InChI=1S/C26H29N3O8/c1-26(2,3)36-25(34)27-19-11-7-10-18(14-19)15-20(23(32)37-29-21(30)12-13-22(29)31)28-24(33)35-16-17-8-5-4-6-9-17/h4-14,20,30-31H,15-16H2,1-3H3,(H,27,34)(H,28,33)/t20-/m0/s1. The topological polar surface area (TPSA) is 148 Å². The van der Waals surface area contributed by atoms with E-state index in [0.717, 1.165) is 17.7 Å². The Morgan fingerprint density at radius 1 is 0.892 bits per heavy atom. The molecule has 11 nitrogen and oxygen atoms in total. The Labute approximate surface area is 213 Å². The Morgan fingerprint density at radius 3 is 2.19 bits per heavy atom. The van der Waals surface area contributed by atoms with Crippen molar-refractivity contribution in [2.45, 2.75) is 45.4 Å². The smallest absolute Gasteiger partial charge is 0.412 e. The molecule has 196 valence electrons. The van der Waals surface area contributed by atoms with Crippen molar-refractivity contribution >= 4 is 23.8 Å². The van der Waals surface area contributed by atoms with E-state index in [1.54, 1.807) is 69.3 Å². The SMILES string of the molecule is CC(C)(C)OC(=O)Nc1cccc(C[C@H](NC(=O)OCc2ccccc2)C(=O)On2c(O)ccc2O)c1. The van der Waals surface area contributed by atoms with Gasteiger partial charge in [-0.25, -0.2) is 14.4 Å². The monoisotopic (exact) mass is 511 g/mol. The lowest BCUT2D eigenvalue weighted by Gasteiger charge is -2.20. The van der Waals surface area contributed by atoms with Crippen LogP contribution in [-0.4, -0.2) is 44.7 Å². The van der Waals surface area contributed by atoms with Crippen LogP contribution in [0, 0.1) is 0 Å². The number of aromatic hydroxyl groups is 2. The van der Waals surface area contributed by atoms with Gasteiger partial charge >= 0.3 is 18.2 Å². The molecule has 3 rings (SSSR count). The van der Waals surface area contributed by atoms with Crippen molar-refractivity contribution in [3.8, 4) is 11.8 Å². The minimum Gasteiger partial charge on any atom is -0.492 e. The highest BCUT2D eigenvalue weighted by Crippen LogP contribution is 2.20. The van der Waals surface area contributed by atoms with E-state index in [9.17, 15) is 24.6 Å². The van der Waals surface area contributed by atoms with Crippen LogP contribution in [0.3, 0.4) is 0 Å². The van der Waals surface area contributed by atoms with Gasteiger partial charge in [0, 0.05) is 24.2 Å². The molecule has 1 atom stereocenters. The molecule has 0 fully saturated rings. The van der Waals surface area contributed by atoms with Gasteiger partial charge in [0.25, 0.3) is 0 Å². The fraction of sp³-hybridized carbons (Fsp3) is 0.269. The molecular weight excluding hydrogens is 482 g/mol. The Balaban J connectivity index is 1.73. The van der Waals surface area contributed by atoms with Gasteiger partial charge in [-0.2, -0.15) is 0 Å². The zero-order chi connectivity index (χ0) is 27.0. The van der Waals surface area contributed by atoms with Crippen LogP contribution in [-0.2, 0) is 27.3 Å². The van der Waals surface area contributed by atoms with E-state index in [-0.39, 0.29) is 13.0 Å². The maximum Gasteiger partial charge on any atom is 0.412 e. The Bertz CT molecular complexity index is 1210. The molecule has 11 heteroatoms. The molecule has 0 aliphatic rings. The van der Waals surface area contributed by atoms with E-state index in [2.05, 4.69) is 10.6 Å². The first-order valence-electron chi connectivity index (χ1n) is 11.4. The Hall–Kier alpha value is -4.67. The summed E-state index contributed by atoms with van der Waals surface area (Å²) in [5.74, 6) is -2.01. The third-order valence-electron chi connectivity index (χ3n) is 4.78. The van der Waals surface area contributed by atoms with E-state index >= 15 is 0 Å². The average Bonchev–Trinajstić information content (AvgIpc) is 3.14. The van der Waals surface area contributed by atoms with Gasteiger partial charge in [0.2, 0.25) is 11.8 Å². The minimum absolute atomic E-state index is 0.0249. The predicted molar refractivity (Wildman–Crippen MR) is 133 cm³/mol. The third-order valence-corrected chi connectivity index (χ3v) is 4.78. The first-order chi connectivity index (χ1) is 17.5. The predicted octanol–water partition coefficient (Wildman–Crippen LogP) is 3.74. The second-order valence-electron chi connectivity index (χ2n) is 9.04. The second-order valence-corrected chi connectivity index (χ2v) is 9.04. The molecule has 2 aromatic carbocycles. The zero-order valence-corrected chi connectivity index (χ0v) is 20.6. The molecule has 3 aromatic rings. The number of anilines is 1. The van der Waals surface area contributed by atoms with Gasteiger partial charge < -0.3 is 29.8 Å².